The number of hydrogen-bond acceptors (Lipinski definition) is 3. The predicted octanol–water partition coefficient (Wildman–Crippen LogP) is 2.67. The zero-order chi connectivity index (χ0) is 14.9. The van der Waals surface area contributed by atoms with E-state index in [4.69, 9.17) is 10.5 Å². The molecule has 1 amide bonds. The lowest BCUT2D eigenvalue weighted by molar-refractivity contribution is -0.128. The van der Waals surface area contributed by atoms with Crippen molar-refractivity contribution >= 4 is 11.6 Å². The van der Waals surface area contributed by atoms with Crippen LogP contribution in [0.3, 0.4) is 0 Å². The largest absolute Gasteiger partial charge is 0.497 e. The molecule has 4 nitrogen and oxygen atoms in total. The molecule has 1 aromatic rings. The first-order chi connectivity index (χ1) is 9.29. The molecular weight excluding hydrogens is 252 g/mol. The van der Waals surface area contributed by atoms with E-state index in [0.717, 1.165) is 17.9 Å². The van der Waals surface area contributed by atoms with Gasteiger partial charge in [0.15, 0.2) is 0 Å². The Morgan fingerprint density at radius 3 is 2.60 bits per heavy atom. The molecule has 20 heavy (non-hydrogen) atoms. The number of likely N-dealkylation sites (tertiary alicyclic amines) is 1. The van der Waals surface area contributed by atoms with E-state index < -0.39 is 0 Å². The quantitative estimate of drug-likeness (QED) is 0.864. The van der Waals surface area contributed by atoms with Crippen molar-refractivity contribution in [3.05, 3.63) is 23.8 Å². The number of carbonyl (C=O) groups excluding carboxylic acids is 1. The van der Waals surface area contributed by atoms with Gasteiger partial charge in [-0.3, -0.25) is 4.79 Å². The number of nitrogens with two attached hydrogens (primary N) is 1. The van der Waals surface area contributed by atoms with Crippen LogP contribution in [0.15, 0.2) is 18.2 Å². The summed E-state index contributed by atoms with van der Waals surface area (Å²) >= 11 is 0. The number of benzene rings is 1. The third kappa shape index (κ3) is 3.24. The number of rotatable bonds is 3. The van der Waals surface area contributed by atoms with Crippen LogP contribution in [0.4, 0.5) is 5.69 Å². The van der Waals surface area contributed by atoms with E-state index in [1.807, 2.05) is 17.0 Å². The Bertz CT molecular complexity index is 506. The van der Waals surface area contributed by atoms with Crippen molar-refractivity contribution in [2.24, 2.45) is 11.3 Å². The molecule has 1 atom stereocenters. The molecule has 1 aliphatic rings. The highest BCUT2D eigenvalue weighted by molar-refractivity contribution is 5.78. The maximum Gasteiger partial charge on any atom is 0.223 e. The number of carbonyl (C=O) groups is 1. The minimum Gasteiger partial charge on any atom is -0.497 e. The Kier molecular flexibility index (Phi) is 3.93. The molecule has 0 aromatic heterocycles. The normalized spacial score (nSPS) is 19.5. The lowest BCUT2D eigenvalue weighted by Crippen LogP contribution is -2.27. The molecule has 110 valence electrons. The Morgan fingerprint density at radius 1 is 1.35 bits per heavy atom. The monoisotopic (exact) mass is 276 g/mol. The molecule has 2 rings (SSSR count). The van der Waals surface area contributed by atoms with E-state index in [1.165, 1.54) is 0 Å². The van der Waals surface area contributed by atoms with Gasteiger partial charge in [-0.25, -0.2) is 0 Å². The molecular formula is C16H24N2O2. The Balaban J connectivity index is 2.11. The SMILES string of the molecule is COc1cc(N)cc(CN2CC(C(C)(C)C)CC2=O)c1. The minimum absolute atomic E-state index is 0.164. The summed E-state index contributed by atoms with van der Waals surface area (Å²) in [6.07, 6.45) is 0.642. The standard InChI is InChI=1S/C16H24N2O2/c1-16(2,3)12-7-15(19)18(10-12)9-11-5-13(17)8-14(6-11)20-4/h5-6,8,12H,7,9-10,17H2,1-4H3. The topological polar surface area (TPSA) is 55.6 Å². The number of nitrogens with zero attached hydrogens (tertiary/aromatic N) is 1. The van der Waals surface area contributed by atoms with E-state index in [-0.39, 0.29) is 11.3 Å². The fourth-order valence-electron chi connectivity index (χ4n) is 2.62. The van der Waals surface area contributed by atoms with Crippen LogP contribution in [0, 0.1) is 11.3 Å². The smallest absolute Gasteiger partial charge is 0.223 e. The first-order valence-electron chi connectivity index (χ1n) is 7.01. The second-order valence-corrected chi connectivity index (χ2v) is 6.66. The van der Waals surface area contributed by atoms with Crippen molar-refractivity contribution in [2.75, 3.05) is 19.4 Å². The van der Waals surface area contributed by atoms with Crippen molar-refractivity contribution in [3.8, 4) is 5.75 Å². The summed E-state index contributed by atoms with van der Waals surface area (Å²) in [5.74, 6) is 1.38. The Labute approximate surface area is 120 Å². The third-order valence-corrected chi connectivity index (χ3v) is 4.04. The van der Waals surface area contributed by atoms with Gasteiger partial charge in [-0.05, 0) is 29.0 Å². The molecule has 1 heterocycles. The second-order valence-electron chi connectivity index (χ2n) is 6.66. The van der Waals surface area contributed by atoms with Gasteiger partial charge in [0.1, 0.15) is 5.75 Å². The number of hydrogen-bond donors (Lipinski definition) is 1. The molecule has 4 heteroatoms. The summed E-state index contributed by atoms with van der Waals surface area (Å²) < 4.78 is 5.22. The highest BCUT2D eigenvalue weighted by atomic mass is 16.5. The molecule has 1 unspecified atom stereocenters. The van der Waals surface area contributed by atoms with Gasteiger partial charge < -0.3 is 15.4 Å². The lowest BCUT2D eigenvalue weighted by atomic mass is 9.80. The zero-order valence-electron chi connectivity index (χ0n) is 12.8. The summed E-state index contributed by atoms with van der Waals surface area (Å²) in [5, 5.41) is 0. The van der Waals surface area contributed by atoms with Crippen molar-refractivity contribution in [3.63, 3.8) is 0 Å². The van der Waals surface area contributed by atoms with Crippen LogP contribution in [0.5, 0.6) is 5.75 Å². The minimum atomic E-state index is 0.164. The van der Waals surface area contributed by atoms with E-state index in [1.54, 1.807) is 13.2 Å². The first kappa shape index (κ1) is 14.7. The van der Waals surface area contributed by atoms with Gasteiger partial charge in [0, 0.05) is 31.3 Å². The van der Waals surface area contributed by atoms with Gasteiger partial charge in [0.25, 0.3) is 0 Å². The van der Waals surface area contributed by atoms with Gasteiger partial charge in [-0.15, -0.1) is 0 Å². The van der Waals surface area contributed by atoms with Crippen LogP contribution in [0.1, 0.15) is 32.8 Å². The molecule has 1 fully saturated rings. The van der Waals surface area contributed by atoms with Crippen LogP contribution < -0.4 is 10.5 Å². The molecule has 0 radical (unpaired) electrons. The molecule has 0 saturated carbocycles. The van der Waals surface area contributed by atoms with E-state index in [2.05, 4.69) is 20.8 Å². The van der Waals surface area contributed by atoms with E-state index >= 15 is 0 Å². The average Bonchev–Trinajstić information content (AvgIpc) is 2.70. The molecule has 0 aliphatic carbocycles. The zero-order valence-corrected chi connectivity index (χ0v) is 12.8. The van der Waals surface area contributed by atoms with Crippen LogP contribution in [-0.2, 0) is 11.3 Å². The highest BCUT2D eigenvalue weighted by Gasteiger charge is 2.36. The highest BCUT2D eigenvalue weighted by Crippen LogP contribution is 2.35. The van der Waals surface area contributed by atoms with Crippen LogP contribution >= 0.6 is 0 Å². The van der Waals surface area contributed by atoms with E-state index in [0.29, 0.717) is 24.6 Å². The fourth-order valence-corrected chi connectivity index (χ4v) is 2.62. The van der Waals surface area contributed by atoms with Crippen LogP contribution in [-0.4, -0.2) is 24.5 Å². The first-order valence-corrected chi connectivity index (χ1v) is 7.01. The Hall–Kier alpha value is -1.71. The number of amides is 1. The predicted molar refractivity (Wildman–Crippen MR) is 80.4 cm³/mol. The summed E-state index contributed by atoms with van der Waals surface area (Å²) in [4.78, 5) is 14.1. The third-order valence-electron chi connectivity index (χ3n) is 4.04. The maximum atomic E-state index is 12.1. The van der Waals surface area contributed by atoms with Crippen LogP contribution in [0.25, 0.3) is 0 Å². The van der Waals surface area contributed by atoms with E-state index in [9.17, 15) is 4.79 Å². The van der Waals surface area contributed by atoms with Crippen molar-refractivity contribution < 1.29 is 9.53 Å². The summed E-state index contributed by atoms with van der Waals surface area (Å²) in [5.41, 5.74) is 7.70. The van der Waals surface area contributed by atoms with Crippen molar-refractivity contribution in [1.82, 2.24) is 4.90 Å². The summed E-state index contributed by atoms with van der Waals surface area (Å²) in [7, 11) is 1.62. The summed E-state index contributed by atoms with van der Waals surface area (Å²) in [6.45, 7) is 8.00. The molecule has 0 spiro atoms. The van der Waals surface area contributed by atoms with Gasteiger partial charge >= 0.3 is 0 Å². The van der Waals surface area contributed by atoms with Gasteiger partial charge in [0.05, 0.1) is 7.11 Å². The number of nitrogen functional groups attached to an aromatic ring is 1. The molecule has 1 aliphatic heterocycles. The number of anilines is 1. The number of ether oxygens (including phenoxy) is 1. The molecule has 1 aromatic carbocycles. The average molecular weight is 276 g/mol. The molecule has 2 N–H and O–H groups in total. The second kappa shape index (κ2) is 5.35. The van der Waals surface area contributed by atoms with Crippen molar-refractivity contribution in [1.29, 1.82) is 0 Å². The van der Waals surface area contributed by atoms with Crippen LogP contribution in [0.2, 0.25) is 0 Å². The van der Waals surface area contributed by atoms with Crippen molar-refractivity contribution in [2.45, 2.75) is 33.7 Å². The maximum absolute atomic E-state index is 12.1. The summed E-state index contributed by atoms with van der Waals surface area (Å²) in [6, 6.07) is 5.63. The molecule has 0 bridgehead atoms. The Morgan fingerprint density at radius 2 is 2.05 bits per heavy atom. The van der Waals surface area contributed by atoms with Gasteiger partial charge in [-0.1, -0.05) is 20.8 Å². The molecule has 1 saturated heterocycles. The lowest BCUT2D eigenvalue weighted by Gasteiger charge is -2.26. The van der Waals surface area contributed by atoms with Gasteiger partial charge in [0.2, 0.25) is 5.91 Å². The van der Waals surface area contributed by atoms with Gasteiger partial charge in [-0.2, -0.15) is 0 Å². The fraction of sp³-hybridized carbons (Fsp3) is 0.562. The number of methoxy groups -OCH3 is 1.